The Morgan fingerprint density at radius 1 is 1.45 bits per heavy atom. The Balaban J connectivity index is 2.05. The SMILES string of the molecule is CC(C)Cn1ncnc1COc1ccc(C=O)cc1Br. The lowest BCUT2D eigenvalue weighted by Gasteiger charge is -2.11. The molecule has 0 fully saturated rings. The summed E-state index contributed by atoms with van der Waals surface area (Å²) in [6.07, 6.45) is 2.33. The molecule has 5 nitrogen and oxygen atoms in total. The lowest BCUT2D eigenvalue weighted by Crippen LogP contribution is -2.12. The number of carbonyl (C=O) groups excluding carboxylic acids is 1. The summed E-state index contributed by atoms with van der Waals surface area (Å²) >= 11 is 3.38. The Kier molecular flexibility index (Phi) is 4.89. The maximum Gasteiger partial charge on any atom is 0.164 e. The molecule has 0 aliphatic heterocycles. The van der Waals surface area contributed by atoms with Crippen molar-refractivity contribution in [3.8, 4) is 5.75 Å². The van der Waals surface area contributed by atoms with Crippen molar-refractivity contribution in [3.05, 3.63) is 40.4 Å². The minimum Gasteiger partial charge on any atom is -0.484 e. The quantitative estimate of drug-likeness (QED) is 0.760. The van der Waals surface area contributed by atoms with Crippen molar-refractivity contribution in [3.63, 3.8) is 0 Å². The zero-order valence-electron chi connectivity index (χ0n) is 11.4. The zero-order chi connectivity index (χ0) is 14.5. The van der Waals surface area contributed by atoms with Crippen molar-refractivity contribution in [2.75, 3.05) is 0 Å². The van der Waals surface area contributed by atoms with Gasteiger partial charge in [0.05, 0.1) is 4.47 Å². The number of aldehydes is 1. The van der Waals surface area contributed by atoms with Gasteiger partial charge in [0.25, 0.3) is 0 Å². The van der Waals surface area contributed by atoms with E-state index in [1.54, 1.807) is 18.2 Å². The maximum atomic E-state index is 10.7. The van der Waals surface area contributed by atoms with E-state index in [2.05, 4.69) is 39.9 Å². The molecular formula is C14H16BrN3O2. The predicted octanol–water partition coefficient (Wildman–Crippen LogP) is 3.09. The minimum atomic E-state index is 0.339. The first-order valence-corrected chi connectivity index (χ1v) is 7.13. The molecule has 0 saturated carbocycles. The minimum absolute atomic E-state index is 0.339. The van der Waals surface area contributed by atoms with Gasteiger partial charge in [-0.15, -0.1) is 0 Å². The fraction of sp³-hybridized carbons (Fsp3) is 0.357. The van der Waals surface area contributed by atoms with Gasteiger partial charge >= 0.3 is 0 Å². The third kappa shape index (κ3) is 3.66. The average molecular weight is 338 g/mol. The van der Waals surface area contributed by atoms with Crippen LogP contribution < -0.4 is 4.74 Å². The van der Waals surface area contributed by atoms with Crippen LogP contribution in [-0.4, -0.2) is 21.1 Å². The van der Waals surface area contributed by atoms with E-state index >= 15 is 0 Å². The molecule has 1 heterocycles. The normalized spacial score (nSPS) is 10.8. The molecule has 2 aromatic rings. The molecule has 1 aromatic carbocycles. The van der Waals surface area contributed by atoms with Crippen LogP contribution in [0.2, 0.25) is 0 Å². The number of ether oxygens (including phenoxy) is 1. The molecule has 106 valence electrons. The largest absolute Gasteiger partial charge is 0.484 e. The number of benzene rings is 1. The molecule has 20 heavy (non-hydrogen) atoms. The Hall–Kier alpha value is -1.69. The van der Waals surface area contributed by atoms with Crippen LogP contribution in [0, 0.1) is 5.92 Å². The maximum absolute atomic E-state index is 10.7. The summed E-state index contributed by atoms with van der Waals surface area (Å²) in [5, 5.41) is 4.19. The summed E-state index contributed by atoms with van der Waals surface area (Å²) in [6, 6.07) is 5.20. The smallest absolute Gasteiger partial charge is 0.164 e. The fourth-order valence-electron chi connectivity index (χ4n) is 1.75. The van der Waals surface area contributed by atoms with Gasteiger partial charge in [0.1, 0.15) is 25.0 Å². The van der Waals surface area contributed by atoms with Crippen LogP contribution >= 0.6 is 15.9 Å². The first-order valence-electron chi connectivity index (χ1n) is 6.34. The highest BCUT2D eigenvalue weighted by molar-refractivity contribution is 9.10. The number of carbonyl (C=O) groups is 1. The van der Waals surface area contributed by atoms with Crippen LogP contribution in [0.25, 0.3) is 0 Å². The van der Waals surface area contributed by atoms with Gasteiger partial charge in [-0.1, -0.05) is 13.8 Å². The molecular weight excluding hydrogens is 322 g/mol. The second kappa shape index (κ2) is 6.65. The number of aromatic nitrogens is 3. The van der Waals surface area contributed by atoms with Crippen molar-refractivity contribution >= 4 is 22.2 Å². The van der Waals surface area contributed by atoms with Crippen LogP contribution in [0.5, 0.6) is 5.75 Å². The number of rotatable bonds is 6. The standard InChI is InChI=1S/C14H16BrN3O2/c1-10(2)6-18-14(16-9-17-18)8-20-13-4-3-11(7-19)5-12(13)15/h3-5,7,9-10H,6,8H2,1-2H3. The molecule has 0 N–H and O–H groups in total. The van der Waals surface area contributed by atoms with Crippen molar-refractivity contribution < 1.29 is 9.53 Å². The van der Waals surface area contributed by atoms with E-state index in [9.17, 15) is 4.79 Å². The molecule has 0 spiro atoms. The Bertz CT molecular complexity index is 596. The number of halogens is 1. The van der Waals surface area contributed by atoms with Gasteiger partial charge in [-0.2, -0.15) is 5.10 Å². The van der Waals surface area contributed by atoms with Crippen molar-refractivity contribution in [2.45, 2.75) is 27.0 Å². The van der Waals surface area contributed by atoms with Gasteiger partial charge in [0.15, 0.2) is 5.82 Å². The second-order valence-electron chi connectivity index (χ2n) is 4.85. The van der Waals surface area contributed by atoms with Gasteiger partial charge in [-0.05, 0) is 40.0 Å². The Morgan fingerprint density at radius 2 is 2.25 bits per heavy atom. The molecule has 0 radical (unpaired) electrons. The molecule has 6 heteroatoms. The highest BCUT2D eigenvalue weighted by Crippen LogP contribution is 2.26. The van der Waals surface area contributed by atoms with E-state index in [0.717, 1.165) is 23.1 Å². The highest BCUT2D eigenvalue weighted by Gasteiger charge is 2.08. The van der Waals surface area contributed by atoms with Gasteiger partial charge in [-0.3, -0.25) is 4.79 Å². The van der Waals surface area contributed by atoms with E-state index in [1.807, 2.05) is 4.68 Å². The molecule has 0 aliphatic rings. The predicted molar refractivity (Wildman–Crippen MR) is 78.7 cm³/mol. The summed E-state index contributed by atoms with van der Waals surface area (Å²) in [5.74, 6) is 1.95. The zero-order valence-corrected chi connectivity index (χ0v) is 13.0. The third-order valence-corrected chi connectivity index (χ3v) is 3.30. The van der Waals surface area contributed by atoms with Crippen LogP contribution in [0.3, 0.4) is 0 Å². The molecule has 1 aromatic heterocycles. The molecule has 0 amide bonds. The van der Waals surface area contributed by atoms with Crippen molar-refractivity contribution in [2.24, 2.45) is 5.92 Å². The molecule has 0 bridgehead atoms. The van der Waals surface area contributed by atoms with E-state index in [4.69, 9.17) is 4.74 Å². The Morgan fingerprint density at radius 3 is 2.90 bits per heavy atom. The van der Waals surface area contributed by atoms with Crippen LogP contribution in [0.4, 0.5) is 0 Å². The van der Waals surface area contributed by atoms with Gasteiger partial charge in [-0.25, -0.2) is 9.67 Å². The molecule has 0 aliphatic carbocycles. The van der Waals surface area contributed by atoms with Crippen molar-refractivity contribution in [1.82, 2.24) is 14.8 Å². The lowest BCUT2D eigenvalue weighted by molar-refractivity contribution is 0.112. The van der Waals surface area contributed by atoms with Crippen LogP contribution in [0.1, 0.15) is 30.0 Å². The first-order chi connectivity index (χ1) is 9.60. The average Bonchev–Trinajstić information content (AvgIpc) is 2.83. The fourth-order valence-corrected chi connectivity index (χ4v) is 2.26. The number of hydrogen-bond donors (Lipinski definition) is 0. The molecule has 0 unspecified atom stereocenters. The van der Waals surface area contributed by atoms with Gasteiger partial charge in [0.2, 0.25) is 0 Å². The van der Waals surface area contributed by atoms with Crippen LogP contribution in [-0.2, 0) is 13.2 Å². The monoisotopic (exact) mass is 337 g/mol. The topological polar surface area (TPSA) is 57.0 Å². The van der Waals surface area contributed by atoms with E-state index in [1.165, 1.54) is 6.33 Å². The van der Waals surface area contributed by atoms with Gasteiger partial charge < -0.3 is 4.74 Å². The summed E-state index contributed by atoms with van der Waals surface area (Å²) in [4.78, 5) is 14.9. The summed E-state index contributed by atoms with van der Waals surface area (Å²) < 4.78 is 8.31. The summed E-state index contributed by atoms with van der Waals surface area (Å²) in [7, 11) is 0. The molecule has 0 atom stereocenters. The van der Waals surface area contributed by atoms with Crippen molar-refractivity contribution in [1.29, 1.82) is 0 Å². The summed E-state index contributed by atoms with van der Waals surface area (Å²) in [6.45, 7) is 5.40. The van der Waals surface area contributed by atoms with E-state index < -0.39 is 0 Å². The van der Waals surface area contributed by atoms with Gasteiger partial charge in [0, 0.05) is 12.1 Å². The van der Waals surface area contributed by atoms with E-state index in [0.29, 0.717) is 23.8 Å². The Labute approximate surface area is 126 Å². The first kappa shape index (κ1) is 14.7. The highest BCUT2D eigenvalue weighted by atomic mass is 79.9. The number of hydrogen-bond acceptors (Lipinski definition) is 4. The summed E-state index contributed by atoms with van der Waals surface area (Å²) in [5.41, 5.74) is 0.604. The van der Waals surface area contributed by atoms with Crippen LogP contribution in [0.15, 0.2) is 29.0 Å². The molecule has 0 saturated heterocycles. The third-order valence-electron chi connectivity index (χ3n) is 2.68. The second-order valence-corrected chi connectivity index (χ2v) is 5.70. The molecule has 2 rings (SSSR count). The number of nitrogens with zero attached hydrogens (tertiary/aromatic N) is 3. The van der Waals surface area contributed by atoms with E-state index in [-0.39, 0.29) is 0 Å². The lowest BCUT2D eigenvalue weighted by atomic mass is 10.2.